The molecule has 1 aliphatic heterocycles. The summed E-state index contributed by atoms with van der Waals surface area (Å²) in [5, 5.41) is 0. The van der Waals surface area contributed by atoms with Crippen molar-refractivity contribution in [2.75, 3.05) is 19.6 Å². The Hall–Kier alpha value is -0.0400. The highest BCUT2D eigenvalue weighted by Crippen LogP contribution is 2.40. The molecule has 2 rings (SSSR count). The second-order valence-corrected chi connectivity index (χ2v) is 10.0. The second kappa shape index (κ2) is 6.60. The van der Waals surface area contributed by atoms with Gasteiger partial charge in [0.1, 0.15) is 0 Å². The summed E-state index contributed by atoms with van der Waals surface area (Å²) in [5.41, 5.74) is 1.03. The van der Waals surface area contributed by atoms with Crippen molar-refractivity contribution in [3.8, 4) is 0 Å². The van der Waals surface area contributed by atoms with E-state index >= 15 is 0 Å². The molecule has 124 valence electrons. The van der Waals surface area contributed by atoms with E-state index in [0.717, 1.165) is 17.8 Å². The third kappa shape index (κ3) is 4.98. The average molecular weight is 294 g/mol. The first-order chi connectivity index (χ1) is 9.66. The Balaban J connectivity index is 1.71. The third-order valence-corrected chi connectivity index (χ3v) is 6.40. The molecule has 1 aliphatic carbocycles. The average Bonchev–Trinajstić information content (AvgIpc) is 2.38. The Kier molecular flexibility index (Phi) is 5.45. The minimum atomic E-state index is 0.511. The van der Waals surface area contributed by atoms with Crippen LogP contribution in [-0.4, -0.2) is 24.5 Å². The molecule has 1 heteroatoms. The SMILES string of the molecule is CC(C)(C)C1CCC(CN2CCC(C(C)(C)C)CC2)CC1. The molecule has 1 saturated heterocycles. The molecule has 0 N–H and O–H groups in total. The van der Waals surface area contributed by atoms with Crippen molar-refractivity contribution in [1.29, 1.82) is 0 Å². The summed E-state index contributed by atoms with van der Waals surface area (Å²) in [5.74, 6) is 2.88. The molecule has 0 aromatic carbocycles. The van der Waals surface area contributed by atoms with Gasteiger partial charge in [0.05, 0.1) is 0 Å². The molecule has 1 heterocycles. The van der Waals surface area contributed by atoms with Gasteiger partial charge in [-0.25, -0.2) is 0 Å². The number of nitrogens with zero attached hydrogens (tertiary/aromatic N) is 1. The summed E-state index contributed by atoms with van der Waals surface area (Å²) in [7, 11) is 0. The van der Waals surface area contributed by atoms with E-state index in [1.807, 2.05) is 0 Å². The summed E-state index contributed by atoms with van der Waals surface area (Å²) in [4.78, 5) is 2.77. The van der Waals surface area contributed by atoms with Crippen LogP contribution in [-0.2, 0) is 0 Å². The fourth-order valence-electron chi connectivity index (χ4n) is 4.56. The van der Waals surface area contributed by atoms with Crippen LogP contribution in [0.25, 0.3) is 0 Å². The number of likely N-dealkylation sites (tertiary alicyclic amines) is 1. The number of rotatable bonds is 2. The number of hydrogen-bond donors (Lipinski definition) is 0. The molecule has 0 unspecified atom stereocenters. The van der Waals surface area contributed by atoms with Gasteiger partial charge in [0, 0.05) is 6.54 Å². The van der Waals surface area contributed by atoms with E-state index in [9.17, 15) is 0 Å². The van der Waals surface area contributed by atoms with Crippen molar-refractivity contribution in [3.05, 3.63) is 0 Å². The molecule has 0 aromatic heterocycles. The molecule has 0 radical (unpaired) electrons. The zero-order valence-electron chi connectivity index (χ0n) is 15.5. The maximum absolute atomic E-state index is 2.77. The van der Waals surface area contributed by atoms with Crippen LogP contribution in [0, 0.1) is 28.6 Å². The van der Waals surface area contributed by atoms with E-state index in [-0.39, 0.29) is 0 Å². The van der Waals surface area contributed by atoms with Gasteiger partial charge in [-0.2, -0.15) is 0 Å². The van der Waals surface area contributed by atoms with Crippen molar-refractivity contribution in [3.63, 3.8) is 0 Å². The van der Waals surface area contributed by atoms with Gasteiger partial charge in [-0.05, 0) is 80.2 Å². The molecule has 0 amide bonds. The van der Waals surface area contributed by atoms with Crippen molar-refractivity contribution in [1.82, 2.24) is 4.90 Å². The minimum Gasteiger partial charge on any atom is -0.303 e. The van der Waals surface area contributed by atoms with Crippen LogP contribution in [0.3, 0.4) is 0 Å². The summed E-state index contributed by atoms with van der Waals surface area (Å²) in [6.45, 7) is 18.6. The van der Waals surface area contributed by atoms with Crippen LogP contribution in [0.5, 0.6) is 0 Å². The lowest BCUT2D eigenvalue weighted by Crippen LogP contribution is -2.41. The zero-order valence-corrected chi connectivity index (χ0v) is 15.5. The van der Waals surface area contributed by atoms with Crippen LogP contribution in [0.4, 0.5) is 0 Å². The van der Waals surface area contributed by atoms with Gasteiger partial charge in [0.25, 0.3) is 0 Å². The highest BCUT2D eigenvalue weighted by molar-refractivity contribution is 4.84. The van der Waals surface area contributed by atoms with E-state index in [4.69, 9.17) is 0 Å². The molecular formula is C20H39N. The Morgan fingerprint density at radius 1 is 0.667 bits per heavy atom. The Bertz CT molecular complexity index is 272. The van der Waals surface area contributed by atoms with E-state index < -0.39 is 0 Å². The lowest BCUT2D eigenvalue weighted by Gasteiger charge is -2.42. The lowest BCUT2D eigenvalue weighted by molar-refractivity contribution is 0.0807. The predicted molar refractivity (Wildman–Crippen MR) is 93.5 cm³/mol. The van der Waals surface area contributed by atoms with E-state index in [1.165, 1.54) is 58.2 Å². The van der Waals surface area contributed by atoms with Crippen molar-refractivity contribution >= 4 is 0 Å². The van der Waals surface area contributed by atoms with Crippen molar-refractivity contribution in [2.24, 2.45) is 28.6 Å². The quantitative estimate of drug-likeness (QED) is 0.641. The Morgan fingerprint density at radius 2 is 1.10 bits per heavy atom. The smallest absolute Gasteiger partial charge is 0.000966 e. The summed E-state index contributed by atoms with van der Waals surface area (Å²) >= 11 is 0. The normalized spacial score (nSPS) is 30.6. The highest BCUT2D eigenvalue weighted by Gasteiger charge is 2.32. The Labute approximate surface area is 133 Å². The third-order valence-electron chi connectivity index (χ3n) is 6.40. The summed E-state index contributed by atoms with van der Waals surface area (Å²) in [6, 6.07) is 0. The second-order valence-electron chi connectivity index (χ2n) is 10.0. The fourth-order valence-corrected chi connectivity index (χ4v) is 4.56. The first-order valence-corrected chi connectivity index (χ1v) is 9.38. The van der Waals surface area contributed by atoms with Gasteiger partial charge in [-0.15, -0.1) is 0 Å². The Morgan fingerprint density at radius 3 is 1.52 bits per heavy atom. The van der Waals surface area contributed by atoms with Gasteiger partial charge < -0.3 is 4.90 Å². The largest absolute Gasteiger partial charge is 0.303 e. The van der Waals surface area contributed by atoms with Crippen LogP contribution < -0.4 is 0 Å². The van der Waals surface area contributed by atoms with Crippen LogP contribution in [0.1, 0.15) is 80.1 Å². The maximum Gasteiger partial charge on any atom is 0.000966 e. The monoisotopic (exact) mass is 293 g/mol. The van der Waals surface area contributed by atoms with E-state index in [0.29, 0.717) is 10.8 Å². The van der Waals surface area contributed by atoms with Crippen molar-refractivity contribution in [2.45, 2.75) is 80.1 Å². The molecule has 2 aliphatic rings. The van der Waals surface area contributed by atoms with Gasteiger partial charge in [-0.3, -0.25) is 0 Å². The lowest BCUT2D eigenvalue weighted by atomic mass is 9.69. The summed E-state index contributed by atoms with van der Waals surface area (Å²) < 4.78 is 0. The molecule has 0 spiro atoms. The van der Waals surface area contributed by atoms with Gasteiger partial charge >= 0.3 is 0 Å². The van der Waals surface area contributed by atoms with Gasteiger partial charge in [0.2, 0.25) is 0 Å². The van der Waals surface area contributed by atoms with Gasteiger partial charge in [0.15, 0.2) is 0 Å². The molecule has 2 fully saturated rings. The molecule has 1 saturated carbocycles. The standard InChI is InChI=1S/C20H39N/c1-19(2,3)17-9-7-16(8-10-17)15-21-13-11-18(12-14-21)20(4,5)6/h16-18H,7-15H2,1-6H3. The topological polar surface area (TPSA) is 3.24 Å². The van der Waals surface area contributed by atoms with E-state index in [1.54, 1.807) is 0 Å². The fraction of sp³-hybridized carbons (Fsp3) is 1.00. The molecule has 0 aromatic rings. The molecule has 0 bridgehead atoms. The van der Waals surface area contributed by atoms with Crippen molar-refractivity contribution < 1.29 is 0 Å². The molecular weight excluding hydrogens is 254 g/mol. The van der Waals surface area contributed by atoms with Crippen LogP contribution in [0.2, 0.25) is 0 Å². The molecule has 0 atom stereocenters. The number of hydrogen-bond acceptors (Lipinski definition) is 1. The summed E-state index contributed by atoms with van der Waals surface area (Å²) in [6.07, 6.45) is 8.71. The molecule has 21 heavy (non-hydrogen) atoms. The number of piperidine rings is 1. The molecule has 1 nitrogen and oxygen atoms in total. The zero-order chi connectivity index (χ0) is 15.7. The maximum atomic E-state index is 2.77. The first-order valence-electron chi connectivity index (χ1n) is 9.38. The first kappa shape index (κ1) is 17.3. The van der Waals surface area contributed by atoms with Crippen LogP contribution >= 0.6 is 0 Å². The van der Waals surface area contributed by atoms with Gasteiger partial charge in [-0.1, -0.05) is 41.5 Å². The minimum absolute atomic E-state index is 0.511. The predicted octanol–water partition coefficient (Wildman–Crippen LogP) is 5.60. The van der Waals surface area contributed by atoms with E-state index in [2.05, 4.69) is 46.4 Å². The highest BCUT2D eigenvalue weighted by atomic mass is 15.1. The van der Waals surface area contributed by atoms with Crippen LogP contribution in [0.15, 0.2) is 0 Å².